The van der Waals surface area contributed by atoms with Gasteiger partial charge in [-0.3, -0.25) is 14.6 Å². The Kier molecular flexibility index (Phi) is 6.78. The average molecular weight is 500 g/mol. The van der Waals surface area contributed by atoms with Crippen molar-refractivity contribution in [2.45, 2.75) is 18.6 Å². The molecule has 1 amide bonds. The summed E-state index contributed by atoms with van der Waals surface area (Å²) >= 11 is 12.1. The zero-order valence-electron chi connectivity index (χ0n) is 15.5. The second-order valence-corrected chi connectivity index (χ2v) is 8.68. The van der Waals surface area contributed by atoms with E-state index in [9.17, 15) is 32.3 Å². The lowest BCUT2D eigenvalue weighted by atomic mass is 9.87. The summed E-state index contributed by atoms with van der Waals surface area (Å²) in [7, 11) is -5.14. The molecule has 3 rings (SSSR count). The monoisotopic (exact) mass is 499 g/mol. The second-order valence-electron chi connectivity index (χ2n) is 6.64. The Morgan fingerprint density at radius 1 is 1.19 bits per heavy atom. The van der Waals surface area contributed by atoms with Crippen LogP contribution >= 0.6 is 31.0 Å². The van der Waals surface area contributed by atoms with Crippen LogP contribution in [0, 0.1) is 0 Å². The summed E-state index contributed by atoms with van der Waals surface area (Å²) in [5.74, 6) is -0.999. The summed E-state index contributed by atoms with van der Waals surface area (Å²) in [6, 6.07) is 6.33. The summed E-state index contributed by atoms with van der Waals surface area (Å²) in [6.07, 6.45) is -4.04. The molecule has 0 radical (unpaired) electrons. The predicted molar refractivity (Wildman–Crippen MR) is 105 cm³/mol. The van der Waals surface area contributed by atoms with Gasteiger partial charge in [0.2, 0.25) is 6.41 Å². The molecule has 0 saturated heterocycles. The molecule has 0 saturated carbocycles. The van der Waals surface area contributed by atoms with Crippen molar-refractivity contribution in [3.05, 3.63) is 57.1 Å². The first kappa shape index (κ1) is 23.7. The third kappa shape index (κ3) is 5.84. The minimum absolute atomic E-state index is 0.0530. The van der Waals surface area contributed by atoms with Crippen LogP contribution < -0.4 is 9.26 Å². The summed E-state index contributed by atoms with van der Waals surface area (Å²) < 4.78 is 58.8. The van der Waals surface area contributed by atoms with Gasteiger partial charge in [-0.25, -0.2) is 4.57 Å². The van der Waals surface area contributed by atoms with Crippen LogP contribution in [0.25, 0.3) is 0 Å². The maximum atomic E-state index is 12.6. The van der Waals surface area contributed by atoms with Gasteiger partial charge in [0, 0.05) is 22.2 Å². The number of rotatable bonds is 6. The van der Waals surface area contributed by atoms with Gasteiger partial charge < -0.3 is 14.2 Å². The number of phosphoric acid groups is 1. The molecule has 2 aromatic carbocycles. The quantitative estimate of drug-likeness (QED) is 0.448. The maximum Gasteiger partial charge on any atom is 0.524 e. The lowest BCUT2D eigenvalue weighted by Crippen LogP contribution is -2.35. The highest BCUT2D eigenvalue weighted by Gasteiger charge is 2.35. The highest BCUT2D eigenvalue weighted by atomic mass is 35.5. The molecule has 168 valence electrons. The van der Waals surface area contributed by atoms with Gasteiger partial charge in [-0.05, 0) is 41.8 Å². The molecule has 0 unspecified atom stereocenters. The van der Waals surface area contributed by atoms with Crippen LogP contribution in [0.15, 0.2) is 30.3 Å². The molecule has 0 aromatic heterocycles. The van der Waals surface area contributed by atoms with Gasteiger partial charge in [0.1, 0.15) is 0 Å². The van der Waals surface area contributed by atoms with Gasteiger partial charge in [0.05, 0.1) is 6.04 Å². The van der Waals surface area contributed by atoms with E-state index in [0.717, 1.165) is 6.07 Å². The Balaban J connectivity index is 2.16. The SMILES string of the molecule is O=CN1CCc2c(ccc(OCC(F)(F)F)c2OP(=O)(O)O)[C@H]1c1cc(Cl)cc(Cl)c1. The third-order valence-corrected chi connectivity index (χ3v) is 5.30. The van der Waals surface area contributed by atoms with E-state index in [0.29, 0.717) is 17.5 Å². The first-order valence-electron chi connectivity index (χ1n) is 8.65. The third-order valence-electron chi connectivity index (χ3n) is 4.44. The first-order valence-corrected chi connectivity index (χ1v) is 10.9. The Morgan fingerprint density at radius 3 is 2.39 bits per heavy atom. The molecule has 13 heteroatoms. The van der Waals surface area contributed by atoms with Crippen molar-refractivity contribution >= 4 is 37.4 Å². The molecule has 2 aromatic rings. The number of fused-ring (bicyclic) bond motifs is 1. The van der Waals surface area contributed by atoms with Gasteiger partial charge in [0.15, 0.2) is 18.1 Å². The smallest absolute Gasteiger partial charge is 0.480 e. The molecule has 2 N–H and O–H groups in total. The fraction of sp³-hybridized carbons (Fsp3) is 0.278. The van der Waals surface area contributed by atoms with E-state index in [-0.39, 0.29) is 28.6 Å². The largest absolute Gasteiger partial charge is 0.524 e. The zero-order chi connectivity index (χ0) is 23.0. The molecular weight excluding hydrogens is 485 g/mol. The molecule has 0 bridgehead atoms. The van der Waals surface area contributed by atoms with Crippen molar-refractivity contribution in [2.24, 2.45) is 0 Å². The molecule has 31 heavy (non-hydrogen) atoms. The van der Waals surface area contributed by atoms with E-state index >= 15 is 0 Å². The number of nitrogens with zero attached hydrogens (tertiary/aromatic N) is 1. The van der Waals surface area contributed by atoms with Crippen molar-refractivity contribution < 1.29 is 41.6 Å². The van der Waals surface area contributed by atoms with E-state index in [1.54, 1.807) is 12.1 Å². The van der Waals surface area contributed by atoms with E-state index in [4.69, 9.17) is 32.5 Å². The van der Waals surface area contributed by atoms with E-state index in [1.165, 1.54) is 17.0 Å². The van der Waals surface area contributed by atoms with Crippen LogP contribution in [0.3, 0.4) is 0 Å². The molecule has 1 aliphatic heterocycles. The average Bonchev–Trinajstić information content (AvgIpc) is 2.63. The van der Waals surface area contributed by atoms with Gasteiger partial charge in [-0.2, -0.15) is 13.2 Å². The number of benzene rings is 2. The number of phosphoric ester groups is 1. The number of alkyl halides is 3. The lowest BCUT2D eigenvalue weighted by Gasteiger charge is -2.36. The number of halogens is 5. The van der Waals surface area contributed by atoms with Gasteiger partial charge in [-0.15, -0.1) is 0 Å². The Bertz CT molecular complexity index is 1030. The lowest BCUT2D eigenvalue weighted by molar-refractivity contribution is -0.153. The summed E-state index contributed by atoms with van der Waals surface area (Å²) in [4.78, 5) is 31.7. The topological polar surface area (TPSA) is 96.3 Å². The number of amides is 1. The fourth-order valence-electron chi connectivity index (χ4n) is 3.39. The Labute approximate surface area is 184 Å². The van der Waals surface area contributed by atoms with E-state index < -0.39 is 38.1 Å². The van der Waals surface area contributed by atoms with Crippen molar-refractivity contribution in [2.75, 3.05) is 13.2 Å². The molecule has 1 atom stereocenters. The Morgan fingerprint density at radius 2 is 1.84 bits per heavy atom. The normalized spacial score (nSPS) is 16.6. The minimum Gasteiger partial charge on any atom is -0.480 e. The van der Waals surface area contributed by atoms with Crippen molar-refractivity contribution in [1.82, 2.24) is 4.90 Å². The zero-order valence-corrected chi connectivity index (χ0v) is 17.9. The van der Waals surface area contributed by atoms with Crippen LogP contribution in [-0.4, -0.2) is 40.4 Å². The van der Waals surface area contributed by atoms with Crippen LogP contribution in [-0.2, 0) is 15.8 Å². The van der Waals surface area contributed by atoms with Gasteiger partial charge in [0.25, 0.3) is 0 Å². The maximum absolute atomic E-state index is 12.6. The van der Waals surface area contributed by atoms with Gasteiger partial charge in [-0.1, -0.05) is 29.3 Å². The molecule has 1 heterocycles. The summed E-state index contributed by atoms with van der Waals surface area (Å²) in [5.41, 5.74) is 1.07. The molecule has 0 spiro atoms. The molecule has 1 aliphatic rings. The van der Waals surface area contributed by atoms with Crippen LogP contribution in [0.4, 0.5) is 13.2 Å². The van der Waals surface area contributed by atoms with Crippen molar-refractivity contribution in [3.63, 3.8) is 0 Å². The number of ether oxygens (including phenoxy) is 1. The summed E-state index contributed by atoms with van der Waals surface area (Å²) in [6.45, 7) is -1.59. The summed E-state index contributed by atoms with van der Waals surface area (Å²) in [5, 5.41) is 0.578. The minimum atomic E-state index is -5.14. The molecule has 7 nitrogen and oxygen atoms in total. The standard InChI is InChI=1S/C18H15Cl2F3NO6P/c19-11-5-10(6-12(20)7-11)16-13-1-2-15(29-8-18(21,22)23)17(30-31(26,27)28)14(13)3-4-24(16)9-25/h1-2,5-7,9,16H,3-4,8H2,(H2,26,27,28)/t16-/m1/s1. The number of hydrogen-bond acceptors (Lipinski definition) is 4. The van der Waals surface area contributed by atoms with Gasteiger partial charge >= 0.3 is 14.0 Å². The van der Waals surface area contributed by atoms with Crippen LogP contribution in [0.2, 0.25) is 10.0 Å². The highest BCUT2D eigenvalue weighted by Crippen LogP contribution is 2.49. The Hall–Kier alpha value is -1.97. The number of carbonyl (C=O) groups excluding carboxylic acids is 1. The molecule has 0 fully saturated rings. The second kappa shape index (κ2) is 8.88. The van der Waals surface area contributed by atoms with Crippen LogP contribution in [0.5, 0.6) is 11.5 Å². The highest BCUT2D eigenvalue weighted by molar-refractivity contribution is 7.46. The van der Waals surface area contributed by atoms with E-state index in [1.807, 2.05) is 0 Å². The van der Waals surface area contributed by atoms with Crippen molar-refractivity contribution in [3.8, 4) is 11.5 Å². The number of carbonyl (C=O) groups is 1. The number of hydrogen-bond donors (Lipinski definition) is 2. The molecule has 0 aliphatic carbocycles. The molecular formula is C18H15Cl2F3NO6P. The van der Waals surface area contributed by atoms with Crippen LogP contribution in [0.1, 0.15) is 22.7 Å². The fourth-order valence-corrected chi connectivity index (χ4v) is 4.38. The van der Waals surface area contributed by atoms with E-state index in [2.05, 4.69) is 0 Å². The van der Waals surface area contributed by atoms with Crippen molar-refractivity contribution in [1.29, 1.82) is 0 Å². The first-order chi connectivity index (χ1) is 14.4. The predicted octanol–water partition coefficient (Wildman–Crippen LogP) is 4.51.